The minimum atomic E-state index is -5.21. The second-order valence-electron chi connectivity index (χ2n) is 8.28. The second-order valence-corrected chi connectivity index (χ2v) is 8.28. The molecule has 0 aliphatic carbocycles. The first-order valence-corrected chi connectivity index (χ1v) is 9.47. The molecule has 2 aromatic heterocycles. The third-order valence-electron chi connectivity index (χ3n) is 5.91. The number of carbonyl (C=O) groups excluding carboxylic acids is 3. The van der Waals surface area contributed by atoms with Crippen LogP contribution in [0.3, 0.4) is 0 Å². The van der Waals surface area contributed by atoms with Gasteiger partial charge >= 0.3 is 18.2 Å². The summed E-state index contributed by atoms with van der Waals surface area (Å²) >= 11 is 0. The quantitative estimate of drug-likeness (QED) is 0.524. The summed E-state index contributed by atoms with van der Waals surface area (Å²) in [7, 11) is 0. The number of ether oxygens (including phenoxy) is 1. The zero-order valence-corrected chi connectivity index (χ0v) is 16.9. The van der Waals surface area contributed by atoms with E-state index in [4.69, 9.17) is 0 Å². The molecule has 2 saturated heterocycles. The number of pyridine rings is 1. The third kappa shape index (κ3) is 3.19. The van der Waals surface area contributed by atoms with Gasteiger partial charge in [-0.2, -0.15) is 18.4 Å². The molecule has 1 unspecified atom stereocenters. The molecule has 1 spiro atoms. The van der Waals surface area contributed by atoms with Crippen molar-refractivity contribution in [3.63, 3.8) is 0 Å². The molecule has 4 rings (SSSR count). The fourth-order valence-electron chi connectivity index (χ4n) is 4.26. The number of nitriles is 1. The summed E-state index contributed by atoms with van der Waals surface area (Å²) in [5.74, 6) is -3.02. The van der Waals surface area contributed by atoms with E-state index in [0.29, 0.717) is 5.82 Å². The monoisotopic (exact) mass is 450 g/mol. The largest absolute Gasteiger partial charge is 0.491 e. The number of fused-ring (bicyclic) bond motifs is 1. The first-order chi connectivity index (χ1) is 14.9. The Morgan fingerprint density at radius 2 is 2.03 bits per heavy atom. The van der Waals surface area contributed by atoms with E-state index in [-0.39, 0.29) is 30.6 Å². The summed E-state index contributed by atoms with van der Waals surface area (Å²) in [5.41, 5.74) is -1.75. The molecule has 2 aromatic rings. The number of piperidine rings is 1. The number of imide groups is 1. The topological polar surface area (TPSA) is 129 Å². The van der Waals surface area contributed by atoms with Crippen LogP contribution in [0.25, 0.3) is 5.52 Å². The van der Waals surface area contributed by atoms with E-state index in [0.717, 1.165) is 0 Å². The first-order valence-electron chi connectivity index (χ1n) is 9.47. The maximum Gasteiger partial charge on any atom is 0.491 e. The molecule has 13 heteroatoms. The van der Waals surface area contributed by atoms with Gasteiger partial charge in [0.2, 0.25) is 5.88 Å². The molecular formula is C19H17F3N6O4. The number of hydrogen-bond donors (Lipinski definition) is 2. The highest BCUT2D eigenvalue weighted by molar-refractivity contribution is 6.07. The number of alkyl halides is 3. The summed E-state index contributed by atoms with van der Waals surface area (Å²) in [4.78, 5) is 41.1. The lowest BCUT2D eigenvalue weighted by Gasteiger charge is -2.50. The standard InChI is InChI=1S/C19H17F3N6O4/c1-17(2)8-27(4-3-18(17)14(29)25-16(31)26-18)12-6-10(7-23)5-11-13(24-9-28(11)12)32-15(30)19(20,21)22/h5-6,9H,3-4,8H2,1-2H3,(H2,25,26,29,31). The van der Waals surface area contributed by atoms with Gasteiger partial charge in [0.1, 0.15) is 23.2 Å². The molecule has 2 aliphatic heterocycles. The summed E-state index contributed by atoms with van der Waals surface area (Å²) in [5, 5.41) is 14.4. The average Bonchev–Trinajstić information content (AvgIpc) is 3.23. The number of amides is 3. The van der Waals surface area contributed by atoms with Gasteiger partial charge in [0.25, 0.3) is 5.91 Å². The van der Waals surface area contributed by atoms with Gasteiger partial charge in [-0.3, -0.25) is 14.5 Å². The van der Waals surface area contributed by atoms with Crippen LogP contribution in [0.15, 0.2) is 18.5 Å². The Bertz CT molecular complexity index is 1200. The predicted molar refractivity (Wildman–Crippen MR) is 102 cm³/mol. The zero-order valence-electron chi connectivity index (χ0n) is 16.9. The fourth-order valence-corrected chi connectivity index (χ4v) is 4.26. The number of halogens is 3. The van der Waals surface area contributed by atoms with Crippen LogP contribution < -0.4 is 20.3 Å². The Hall–Kier alpha value is -3.82. The SMILES string of the molecule is CC1(C)CN(c2cc(C#N)cc3c(OC(=O)C(F)(F)F)ncn23)CCC12NC(=O)NC2=O. The first kappa shape index (κ1) is 21.4. The van der Waals surface area contributed by atoms with Crippen LogP contribution in [0.5, 0.6) is 5.88 Å². The van der Waals surface area contributed by atoms with Crippen LogP contribution >= 0.6 is 0 Å². The Morgan fingerprint density at radius 3 is 2.59 bits per heavy atom. The normalized spacial score (nSPS) is 22.6. The average molecular weight is 450 g/mol. The van der Waals surface area contributed by atoms with Crippen LogP contribution in [-0.4, -0.2) is 52.1 Å². The van der Waals surface area contributed by atoms with E-state index in [2.05, 4.69) is 20.4 Å². The van der Waals surface area contributed by atoms with Crippen molar-refractivity contribution in [3.05, 3.63) is 24.0 Å². The van der Waals surface area contributed by atoms with Crippen molar-refractivity contribution in [2.24, 2.45) is 5.41 Å². The molecule has 2 N–H and O–H groups in total. The number of esters is 1. The van der Waals surface area contributed by atoms with Gasteiger partial charge in [0.15, 0.2) is 0 Å². The van der Waals surface area contributed by atoms with Crippen LogP contribution in [0.4, 0.5) is 23.8 Å². The third-order valence-corrected chi connectivity index (χ3v) is 5.91. The highest BCUT2D eigenvalue weighted by Gasteiger charge is 2.58. The lowest BCUT2D eigenvalue weighted by molar-refractivity contribution is -0.189. The minimum Gasteiger partial charge on any atom is -0.398 e. The molecule has 1 atom stereocenters. The van der Waals surface area contributed by atoms with Crippen molar-refractivity contribution in [2.75, 3.05) is 18.0 Å². The molecule has 0 bridgehead atoms. The number of aromatic nitrogens is 2. The molecule has 2 fully saturated rings. The molecule has 2 aliphatic rings. The van der Waals surface area contributed by atoms with Gasteiger partial charge in [0, 0.05) is 18.5 Å². The van der Waals surface area contributed by atoms with Gasteiger partial charge in [-0.25, -0.2) is 14.6 Å². The maximum absolute atomic E-state index is 12.6. The molecule has 168 valence electrons. The number of anilines is 1. The number of nitrogens with zero attached hydrogens (tertiary/aromatic N) is 4. The summed E-state index contributed by atoms with van der Waals surface area (Å²) in [6.45, 7) is 4.16. The molecule has 0 aromatic carbocycles. The lowest BCUT2D eigenvalue weighted by Crippen LogP contribution is -2.66. The molecule has 32 heavy (non-hydrogen) atoms. The second kappa shape index (κ2) is 6.84. The molecule has 3 amide bonds. The molecule has 0 saturated carbocycles. The number of carbonyl (C=O) groups is 3. The van der Waals surface area contributed by atoms with Gasteiger partial charge in [-0.15, -0.1) is 0 Å². The van der Waals surface area contributed by atoms with Crippen molar-refractivity contribution < 1.29 is 32.3 Å². The highest BCUT2D eigenvalue weighted by atomic mass is 19.4. The lowest BCUT2D eigenvalue weighted by atomic mass is 9.67. The van der Waals surface area contributed by atoms with E-state index < -0.39 is 40.9 Å². The van der Waals surface area contributed by atoms with E-state index in [1.165, 1.54) is 22.9 Å². The number of imidazole rings is 1. The van der Waals surface area contributed by atoms with E-state index >= 15 is 0 Å². The van der Waals surface area contributed by atoms with Crippen molar-refractivity contribution in [1.82, 2.24) is 20.0 Å². The van der Waals surface area contributed by atoms with Crippen molar-refractivity contribution in [2.45, 2.75) is 32.0 Å². The van der Waals surface area contributed by atoms with E-state index in [1.54, 1.807) is 13.8 Å². The number of rotatable bonds is 2. The van der Waals surface area contributed by atoms with E-state index in [9.17, 15) is 32.8 Å². The molecule has 4 heterocycles. The van der Waals surface area contributed by atoms with E-state index in [1.807, 2.05) is 11.0 Å². The number of hydrogen-bond acceptors (Lipinski definition) is 7. The fraction of sp³-hybridized carbons (Fsp3) is 0.421. The van der Waals surface area contributed by atoms with Crippen molar-refractivity contribution in [1.29, 1.82) is 5.26 Å². The minimum absolute atomic E-state index is 0.00153. The van der Waals surface area contributed by atoms with Crippen LogP contribution in [0.1, 0.15) is 25.8 Å². The summed E-state index contributed by atoms with van der Waals surface area (Å²) < 4.78 is 43.6. The van der Waals surface area contributed by atoms with Gasteiger partial charge in [-0.05, 0) is 18.6 Å². The summed E-state index contributed by atoms with van der Waals surface area (Å²) in [6.07, 6.45) is -3.77. The van der Waals surface area contributed by atoms with Gasteiger partial charge < -0.3 is 15.0 Å². The van der Waals surface area contributed by atoms with Crippen molar-refractivity contribution >= 4 is 29.2 Å². The van der Waals surface area contributed by atoms with Crippen LogP contribution in [0.2, 0.25) is 0 Å². The van der Waals surface area contributed by atoms with Crippen LogP contribution in [-0.2, 0) is 9.59 Å². The maximum atomic E-state index is 12.6. The van der Waals surface area contributed by atoms with Gasteiger partial charge in [-0.1, -0.05) is 13.8 Å². The number of urea groups is 1. The predicted octanol–water partition coefficient (Wildman–Crippen LogP) is 1.49. The molecule has 0 radical (unpaired) electrons. The molecular weight excluding hydrogens is 433 g/mol. The Balaban J connectivity index is 1.73. The van der Waals surface area contributed by atoms with Gasteiger partial charge in [0.05, 0.1) is 11.6 Å². The Labute approximate surface area is 178 Å². The summed E-state index contributed by atoms with van der Waals surface area (Å²) in [6, 6.07) is 4.14. The Morgan fingerprint density at radius 1 is 1.31 bits per heavy atom. The van der Waals surface area contributed by atoms with Crippen molar-refractivity contribution in [3.8, 4) is 11.9 Å². The van der Waals surface area contributed by atoms with Crippen LogP contribution in [0, 0.1) is 16.7 Å². The smallest absolute Gasteiger partial charge is 0.398 e. The highest BCUT2D eigenvalue weighted by Crippen LogP contribution is 2.42. The Kier molecular flexibility index (Phi) is 4.58. The number of nitrogens with one attached hydrogen (secondary N) is 2. The molecule has 10 nitrogen and oxygen atoms in total. The zero-order chi connectivity index (χ0) is 23.5.